The van der Waals surface area contributed by atoms with E-state index in [1.165, 1.54) is 41.9 Å². The number of methoxy groups -OCH3 is 1. The number of rotatable bonds is 6. The summed E-state index contributed by atoms with van der Waals surface area (Å²) < 4.78 is 47.3. The van der Waals surface area contributed by atoms with Gasteiger partial charge in [-0.25, -0.2) is 24.6 Å². The SMILES string of the molecule is COc1ncnc(C2CC2)c1-c1ncc2ccc(=O)n(Cc3ccc(-n4nc(C(F)(F)F)cc4C)cn3)c2n1. The molecule has 0 spiro atoms. The Kier molecular flexibility index (Phi) is 5.85. The number of aromatic nitrogens is 8. The van der Waals surface area contributed by atoms with Crippen LogP contribution in [0.15, 0.2) is 53.8 Å². The standard InChI is InChI=1S/C26H21F3N8O2/c1-14-9-19(26(27,28)29)35-37(14)18-7-6-17(30-11-18)12-36-20(38)8-5-16-10-31-23(34-24(16)36)21-22(15-3-4-15)32-13-33-25(21)39-2/h5-11,13,15H,3-4,12H2,1-2H3. The van der Waals surface area contributed by atoms with Crippen LogP contribution in [-0.2, 0) is 12.7 Å². The Morgan fingerprint density at radius 3 is 2.54 bits per heavy atom. The van der Waals surface area contributed by atoms with E-state index in [0.29, 0.717) is 45.4 Å². The molecule has 0 aromatic carbocycles. The van der Waals surface area contributed by atoms with Crippen LogP contribution in [0, 0.1) is 6.92 Å². The van der Waals surface area contributed by atoms with Gasteiger partial charge in [-0.2, -0.15) is 18.3 Å². The van der Waals surface area contributed by atoms with Crippen molar-refractivity contribution in [3.05, 3.63) is 82.2 Å². The monoisotopic (exact) mass is 534 g/mol. The summed E-state index contributed by atoms with van der Waals surface area (Å²) in [5.74, 6) is 0.984. The first kappa shape index (κ1) is 24.6. The first-order valence-corrected chi connectivity index (χ1v) is 12.1. The lowest BCUT2D eigenvalue weighted by Crippen LogP contribution is -2.21. The van der Waals surface area contributed by atoms with Gasteiger partial charge >= 0.3 is 6.18 Å². The van der Waals surface area contributed by atoms with Crippen LogP contribution in [0.3, 0.4) is 0 Å². The molecule has 1 aliphatic carbocycles. The predicted molar refractivity (Wildman–Crippen MR) is 134 cm³/mol. The lowest BCUT2D eigenvalue weighted by Gasteiger charge is -2.13. The Hall–Kier alpha value is -4.68. The maximum atomic E-state index is 13.1. The van der Waals surface area contributed by atoms with E-state index in [0.717, 1.165) is 24.6 Å². The first-order valence-electron chi connectivity index (χ1n) is 12.1. The number of aryl methyl sites for hydroxylation is 1. The summed E-state index contributed by atoms with van der Waals surface area (Å²) >= 11 is 0. The quantitative estimate of drug-likeness (QED) is 0.320. The number of hydrogen-bond donors (Lipinski definition) is 0. The molecule has 198 valence electrons. The van der Waals surface area contributed by atoms with E-state index in [-0.39, 0.29) is 18.0 Å². The van der Waals surface area contributed by atoms with Crippen molar-refractivity contribution < 1.29 is 17.9 Å². The molecule has 1 aliphatic rings. The molecule has 5 heterocycles. The molecule has 13 heteroatoms. The molecular weight excluding hydrogens is 513 g/mol. The lowest BCUT2D eigenvalue weighted by atomic mass is 10.1. The second-order valence-corrected chi connectivity index (χ2v) is 9.24. The molecule has 39 heavy (non-hydrogen) atoms. The maximum Gasteiger partial charge on any atom is 0.435 e. The van der Waals surface area contributed by atoms with Crippen LogP contribution in [0.2, 0.25) is 0 Å². The van der Waals surface area contributed by atoms with E-state index in [2.05, 4.69) is 25.0 Å². The Labute approximate surface area is 219 Å². The molecule has 0 unspecified atom stereocenters. The van der Waals surface area contributed by atoms with E-state index in [4.69, 9.17) is 9.72 Å². The van der Waals surface area contributed by atoms with Crippen molar-refractivity contribution in [2.45, 2.75) is 38.4 Å². The van der Waals surface area contributed by atoms with E-state index in [9.17, 15) is 18.0 Å². The molecule has 0 aliphatic heterocycles. The van der Waals surface area contributed by atoms with Gasteiger partial charge in [0, 0.05) is 29.3 Å². The van der Waals surface area contributed by atoms with E-state index >= 15 is 0 Å². The fourth-order valence-electron chi connectivity index (χ4n) is 4.43. The molecule has 1 saturated carbocycles. The van der Waals surface area contributed by atoms with Crippen LogP contribution >= 0.6 is 0 Å². The Bertz CT molecular complexity index is 1760. The average Bonchev–Trinajstić information content (AvgIpc) is 3.70. The second-order valence-electron chi connectivity index (χ2n) is 9.24. The number of fused-ring (bicyclic) bond motifs is 1. The summed E-state index contributed by atoms with van der Waals surface area (Å²) in [6.07, 6.45) is 1.96. The van der Waals surface area contributed by atoms with Crippen LogP contribution in [0.1, 0.15) is 41.5 Å². The summed E-state index contributed by atoms with van der Waals surface area (Å²) in [4.78, 5) is 35.2. The van der Waals surface area contributed by atoms with Gasteiger partial charge in [0.2, 0.25) is 5.88 Å². The summed E-state index contributed by atoms with van der Waals surface area (Å²) in [6.45, 7) is 1.61. The van der Waals surface area contributed by atoms with Crippen molar-refractivity contribution in [3.63, 3.8) is 0 Å². The van der Waals surface area contributed by atoms with Crippen molar-refractivity contribution in [1.29, 1.82) is 0 Å². The molecule has 0 bridgehead atoms. The molecule has 10 nitrogen and oxygen atoms in total. The Morgan fingerprint density at radius 2 is 1.87 bits per heavy atom. The van der Waals surface area contributed by atoms with Gasteiger partial charge in [-0.3, -0.25) is 14.3 Å². The normalized spacial score (nSPS) is 13.7. The van der Waals surface area contributed by atoms with Crippen LogP contribution in [0.25, 0.3) is 28.1 Å². The number of hydrogen-bond acceptors (Lipinski definition) is 8. The van der Waals surface area contributed by atoms with Crippen molar-refractivity contribution >= 4 is 11.0 Å². The van der Waals surface area contributed by atoms with Gasteiger partial charge in [0.25, 0.3) is 5.56 Å². The minimum absolute atomic E-state index is 0.0801. The highest BCUT2D eigenvalue weighted by Crippen LogP contribution is 2.44. The van der Waals surface area contributed by atoms with Gasteiger partial charge in [0.1, 0.15) is 17.5 Å². The van der Waals surface area contributed by atoms with Crippen molar-refractivity contribution in [3.8, 4) is 23.0 Å². The predicted octanol–water partition coefficient (Wildman–Crippen LogP) is 4.09. The highest BCUT2D eigenvalue weighted by atomic mass is 19.4. The Morgan fingerprint density at radius 1 is 1.05 bits per heavy atom. The molecule has 5 aromatic heterocycles. The summed E-state index contributed by atoms with van der Waals surface area (Å²) in [7, 11) is 1.52. The van der Waals surface area contributed by atoms with E-state index in [1.807, 2.05) is 0 Å². The molecule has 0 amide bonds. The molecular formula is C26H21F3N8O2. The maximum absolute atomic E-state index is 13.1. The molecule has 1 fully saturated rings. The number of ether oxygens (including phenoxy) is 1. The minimum atomic E-state index is -4.55. The van der Waals surface area contributed by atoms with Crippen LogP contribution in [-0.4, -0.2) is 46.4 Å². The number of halogens is 3. The van der Waals surface area contributed by atoms with E-state index < -0.39 is 11.9 Å². The molecule has 0 radical (unpaired) electrons. The largest absolute Gasteiger partial charge is 0.480 e. The molecule has 5 aromatic rings. The summed E-state index contributed by atoms with van der Waals surface area (Å²) in [5, 5.41) is 4.30. The minimum Gasteiger partial charge on any atom is -0.480 e. The number of pyridine rings is 2. The Balaban J connectivity index is 1.38. The zero-order chi connectivity index (χ0) is 27.3. The summed E-state index contributed by atoms with van der Waals surface area (Å²) in [5.41, 5.74) is 1.72. The fraction of sp³-hybridized carbons (Fsp3) is 0.269. The zero-order valence-electron chi connectivity index (χ0n) is 20.8. The van der Waals surface area contributed by atoms with Gasteiger partial charge in [-0.05, 0) is 44.0 Å². The zero-order valence-corrected chi connectivity index (χ0v) is 20.8. The smallest absolute Gasteiger partial charge is 0.435 e. The van der Waals surface area contributed by atoms with Gasteiger partial charge < -0.3 is 4.74 Å². The van der Waals surface area contributed by atoms with Gasteiger partial charge in [0.05, 0.1) is 36.9 Å². The van der Waals surface area contributed by atoms with E-state index in [1.54, 1.807) is 24.4 Å². The number of alkyl halides is 3. The summed E-state index contributed by atoms with van der Waals surface area (Å²) in [6, 6.07) is 7.28. The van der Waals surface area contributed by atoms with Crippen LogP contribution in [0.5, 0.6) is 5.88 Å². The third-order valence-electron chi connectivity index (χ3n) is 6.50. The fourth-order valence-corrected chi connectivity index (χ4v) is 4.43. The van der Waals surface area contributed by atoms with Crippen molar-refractivity contribution in [1.82, 2.24) is 39.3 Å². The van der Waals surface area contributed by atoms with Gasteiger partial charge in [-0.15, -0.1) is 0 Å². The highest BCUT2D eigenvalue weighted by molar-refractivity contribution is 5.78. The third kappa shape index (κ3) is 4.60. The van der Waals surface area contributed by atoms with Crippen LogP contribution < -0.4 is 10.3 Å². The molecule has 0 saturated heterocycles. The molecule has 0 atom stereocenters. The average molecular weight is 535 g/mol. The highest BCUT2D eigenvalue weighted by Gasteiger charge is 2.34. The van der Waals surface area contributed by atoms with Gasteiger partial charge in [0.15, 0.2) is 11.5 Å². The molecule has 0 N–H and O–H groups in total. The lowest BCUT2D eigenvalue weighted by molar-refractivity contribution is -0.141. The van der Waals surface area contributed by atoms with Crippen molar-refractivity contribution in [2.75, 3.05) is 7.11 Å². The molecule has 6 rings (SSSR count). The van der Waals surface area contributed by atoms with Gasteiger partial charge in [-0.1, -0.05) is 0 Å². The third-order valence-corrected chi connectivity index (χ3v) is 6.50. The first-order chi connectivity index (χ1) is 18.7. The number of nitrogens with zero attached hydrogens (tertiary/aromatic N) is 8. The second kappa shape index (κ2) is 9.26. The van der Waals surface area contributed by atoms with Crippen molar-refractivity contribution in [2.24, 2.45) is 0 Å². The van der Waals surface area contributed by atoms with Crippen LogP contribution in [0.4, 0.5) is 13.2 Å². The topological polar surface area (TPSA) is 114 Å².